The monoisotopic (exact) mass is 423 g/mol. The van der Waals surface area contributed by atoms with Gasteiger partial charge in [0.1, 0.15) is 5.75 Å². The number of methoxy groups -OCH3 is 1. The first-order valence-corrected chi connectivity index (χ1v) is 10.9. The van der Waals surface area contributed by atoms with Crippen LogP contribution in [0, 0.1) is 0 Å². The van der Waals surface area contributed by atoms with Crippen molar-refractivity contribution in [3.63, 3.8) is 0 Å². The largest absolute Gasteiger partial charge is 0.439 e. The van der Waals surface area contributed by atoms with Crippen LogP contribution in [-0.4, -0.2) is 52.7 Å². The standard InChI is InChI=1S/C25H33N3O3/c1-4-21(29)18-27(16-17-30-3)19-23-24(5-2)26-28(20-12-8-6-9-13-20)25(23)31-22-14-10-7-11-15-22/h6-15,21,29H,4-5,16-19H2,1-3H3/t21-/m0/s1. The van der Waals surface area contributed by atoms with Crippen molar-refractivity contribution in [2.24, 2.45) is 0 Å². The average molecular weight is 424 g/mol. The van der Waals surface area contributed by atoms with Gasteiger partial charge in [0.05, 0.1) is 29.7 Å². The Balaban J connectivity index is 2.02. The number of hydrogen-bond acceptors (Lipinski definition) is 5. The minimum atomic E-state index is -0.385. The van der Waals surface area contributed by atoms with Gasteiger partial charge in [0.15, 0.2) is 0 Å². The van der Waals surface area contributed by atoms with Gasteiger partial charge in [0.25, 0.3) is 0 Å². The summed E-state index contributed by atoms with van der Waals surface area (Å²) in [6.45, 7) is 6.61. The molecule has 0 fully saturated rings. The zero-order valence-corrected chi connectivity index (χ0v) is 18.7. The van der Waals surface area contributed by atoms with E-state index in [9.17, 15) is 5.11 Å². The van der Waals surface area contributed by atoms with Crippen LogP contribution < -0.4 is 4.74 Å². The Bertz CT molecular complexity index is 913. The summed E-state index contributed by atoms with van der Waals surface area (Å²) in [5.41, 5.74) is 2.98. The summed E-state index contributed by atoms with van der Waals surface area (Å²) in [4.78, 5) is 2.21. The fraction of sp³-hybridized carbons (Fsp3) is 0.400. The van der Waals surface area contributed by atoms with Crippen molar-refractivity contribution in [2.45, 2.75) is 39.3 Å². The second kappa shape index (κ2) is 11.6. The molecule has 1 heterocycles. The summed E-state index contributed by atoms with van der Waals surface area (Å²) in [5.74, 6) is 1.48. The highest BCUT2D eigenvalue weighted by Crippen LogP contribution is 2.32. The van der Waals surface area contributed by atoms with Crippen LogP contribution in [0.15, 0.2) is 60.7 Å². The number of nitrogens with zero attached hydrogens (tertiary/aromatic N) is 3. The Morgan fingerprint density at radius 3 is 2.32 bits per heavy atom. The Labute approximate surface area is 185 Å². The lowest BCUT2D eigenvalue weighted by atomic mass is 10.1. The molecule has 31 heavy (non-hydrogen) atoms. The lowest BCUT2D eigenvalue weighted by Crippen LogP contribution is -2.34. The van der Waals surface area contributed by atoms with Gasteiger partial charge in [-0.2, -0.15) is 5.10 Å². The second-order valence-electron chi connectivity index (χ2n) is 7.54. The van der Waals surface area contributed by atoms with Crippen molar-refractivity contribution in [2.75, 3.05) is 26.8 Å². The van der Waals surface area contributed by atoms with Crippen LogP contribution in [0.4, 0.5) is 0 Å². The van der Waals surface area contributed by atoms with Gasteiger partial charge in [-0.25, -0.2) is 4.68 Å². The summed E-state index contributed by atoms with van der Waals surface area (Å²) in [5, 5.41) is 15.2. The van der Waals surface area contributed by atoms with Gasteiger partial charge >= 0.3 is 0 Å². The van der Waals surface area contributed by atoms with E-state index in [0.717, 1.165) is 35.7 Å². The third kappa shape index (κ3) is 6.17. The smallest absolute Gasteiger partial charge is 0.227 e. The second-order valence-corrected chi connectivity index (χ2v) is 7.54. The Morgan fingerprint density at radius 1 is 1.03 bits per heavy atom. The number of aliphatic hydroxyl groups excluding tert-OH is 1. The van der Waals surface area contributed by atoms with Gasteiger partial charge in [-0.15, -0.1) is 0 Å². The van der Waals surface area contributed by atoms with Crippen molar-refractivity contribution >= 4 is 0 Å². The third-order valence-corrected chi connectivity index (χ3v) is 5.25. The van der Waals surface area contributed by atoms with E-state index in [2.05, 4.69) is 11.8 Å². The highest BCUT2D eigenvalue weighted by Gasteiger charge is 2.23. The van der Waals surface area contributed by atoms with Crippen LogP contribution >= 0.6 is 0 Å². The maximum absolute atomic E-state index is 10.3. The molecule has 0 aliphatic carbocycles. The van der Waals surface area contributed by atoms with Crippen molar-refractivity contribution < 1.29 is 14.6 Å². The third-order valence-electron chi connectivity index (χ3n) is 5.25. The molecule has 0 aliphatic heterocycles. The Kier molecular flexibility index (Phi) is 8.64. The summed E-state index contributed by atoms with van der Waals surface area (Å²) in [7, 11) is 1.70. The van der Waals surface area contributed by atoms with Crippen molar-refractivity contribution in [3.8, 4) is 17.3 Å². The summed E-state index contributed by atoms with van der Waals surface area (Å²) >= 11 is 0. The van der Waals surface area contributed by atoms with Crippen LogP contribution in [0.2, 0.25) is 0 Å². The Hall–Kier alpha value is -2.67. The molecule has 0 spiro atoms. The lowest BCUT2D eigenvalue weighted by Gasteiger charge is -2.25. The summed E-state index contributed by atoms with van der Waals surface area (Å²) < 4.78 is 13.6. The maximum Gasteiger partial charge on any atom is 0.227 e. The molecule has 166 valence electrons. The minimum absolute atomic E-state index is 0.385. The molecule has 0 radical (unpaired) electrons. The summed E-state index contributed by atoms with van der Waals surface area (Å²) in [6.07, 6.45) is 1.11. The minimum Gasteiger partial charge on any atom is -0.439 e. The van der Waals surface area contributed by atoms with E-state index in [1.54, 1.807) is 7.11 Å². The lowest BCUT2D eigenvalue weighted by molar-refractivity contribution is 0.0825. The van der Waals surface area contributed by atoms with E-state index in [1.165, 1.54) is 0 Å². The number of rotatable bonds is 12. The molecule has 1 aromatic heterocycles. The molecule has 0 amide bonds. The SMILES string of the molecule is CCc1nn(-c2ccccc2)c(Oc2ccccc2)c1CN(CCOC)C[C@@H](O)CC. The normalized spacial score (nSPS) is 12.3. The maximum atomic E-state index is 10.3. The van der Waals surface area contributed by atoms with Gasteiger partial charge < -0.3 is 14.6 Å². The number of benzene rings is 2. The quantitative estimate of drug-likeness (QED) is 0.466. The highest BCUT2D eigenvalue weighted by atomic mass is 16.5. The molecule has 1 atom stereocenters. The van der Waals surface area contributed by atoms with Crippen LogP contribution in [0.3, 0.4) is 0 Å². The molecular weight excluding hydrogens is 390 g/mol. The number of aromatic nitrogens is 2. The van der Waals surface area contributed by atoms with Crippen LogP contribution in [-0.2, 0) is 17.7 Å². The van der Waals surface area contributed by atoms with Crippen molar-refractivity contribution in [1.29, 1.82) is 0 Å². The molecule has 0 saturated heterocycles. The molecule has 3 aromatic rings. The van der Waals surface area contributed by atoms with Crippen molar-refractivity contribution in [3.05, 3.63) is 71.9 Å². The fourth-order valence-electron chi connectivity index (χ4n) is 3.48. The van der Waals surface area contributed by atoms with Crippen molar-refractivity contribution in [1.82, 2.24) is 14.7 Å². The van der Waals surface area contributed by atoms with Gasteiger partial charge in [-0.05, 0) is 37.1 Å². The average Bonchev–Trinajstić information content (AvgIpc) is 3.15. The van der Waals surface area contributed by atoms with E-state index in [1.807, 2.05) is 72.3 Å². The zero-order valence-electron chi connectivity index (χ0n) is 18.7. The van der Waals surface area contributed by atoms with Gasteiger partial charge in [-0.1, -0.05) is 50.2 Å². The number of ether oxygens (including phenoxy) is 2. The van der Waals surface area contributed by atoms with E-state index >= 15 is 0 Å². The molecule has 1 N–H and O–H groups in total. The zero-order chi connectivity index (χ0) is 22.1. The molecule has 0 aliphatic rings. The number of para-hydroxylation sites is 2. The first-order chi connectivity index (χ1) is 15.2. The predicted molar refractivity (Wildman–Crippen MR) is 123 cm³/mol. The predicted octanol–water partition coefficient (Wildman–Crippen LogP) is 4.45. The number of hydrogen-bond donors (Lipinski definition) is 1. The highest BCUT2D eigenvalue weighted by molar-refractivity contribution is 5.43. The molecule has 6 heteroatoms. The molecule has 0 bridgehead atoms. The van der Waals surface area contributed by atoms with Gasteiger partial charge in [-0.3, -0.25) is 4.90 Å². The number of aryl methyl sites for hydroxylation is 1. The van der Waals surface area contributed by atoms with Gasteiger partial charge in [0.2, 0.25) is 5.88 Å². The molecule has 0 saturated carbocycles. The van der Waals surface area contributed by atoms with E-state index in [4.69, 9.17) is 14.6 Å². The van der Waals surface area contributed by atoms with Crippen LogP contribution in [0.25, 0.3) is 5.69 Å². The first kappa shape index (κ1) is 23.0. The van der Waals surface area contributed by atoms with Crippen LogP contribution in [0.1, 0.15) is 31.5 Å². The molecule has 6 nitrogen and oxygen atoms in total. The number of aliphatic hydroxyl groups is 1. The first-order valence-electron chi connectivity index (χ1n) is 10.9. The van der Waals surface area contributed by atoms with Crippen LogP contribution in [0.5, 0.6) is 11.6 Å². The molecule has 0 unspecified atom stereocenters. The topological polar surface area (TPSA) is 59.8 Å². The molecule has 3 rings (SSSR count). The van der Waals surface area contributed by atoms with E-state index < -0.39 is 0 Å². The van der Waals surface area contributed by atoms with E-state index in [-0.39, 0.29) is 6.10 Å². The fourth-order valence-corrected chi connectivity index (χ4v) is 3.48. The van der Waals surface area contributed by atoms with E-state index in [0.29, 0.717) is 32.0 Å². The Morgan fingerprint density at radius 2 is 1.71 bits per heavy atom. The molecular formula is C25H33N3O3. The van der Waals surface area contributed by atoms with Gasteiger partial charge in [0, 0.05) is 26.7 Å². The molecule has 2 aromatic carbocycles. The summed E-state index contributed by atoms with van der Waals surface area (Å²) in [6, 6.07) is 19.8.